The normalized spacial score (nSPS) is 21.4. The number of pyridine rings is 1. The molecule has 2 heterocycles. The Hall–Kier alpha value is -0.460. The van der Waals surface area contributed by atoms with Gasteiger partial charge in [0.25, 0.3) is 0 Å². The van der Waals surface area contributed by atoms with Gasteiger partial charge in [-0.25, -0.2) is 13.4 Å². The Morgan fingerprint density at radius 2 is 2.24 bits per heavy atom. The lowest BCUT2D eigenvalue weighted by atomic mass is 10.1. The van der Waals surface area contributed by atoms with Crippen LogP contribution in [0.2, 0.25) is 0 Å². The maximum atomic E-state index is 12.1. The zero-order valence-electron chi connectivity index (χ0n) is 9.39. The lowest BCUT2D eigenvalue weighted by Gasteiger charge is -2.22. The molecule has 1 aliphatic rings. The van der Waals surface area contributed by atoms with Crippen LogP contribution in [0.5, 0.6) is 0 Å². The minimum atomic E-state index is -3.29. The topological polar surface area (TPSA) is 59.1 Å². The molecule has 1 fully saturated rings. The van der Waals surface area contributed by atoms with Crippen LogP contribution in [0.4, 0.5) is 0 Å². The molecule has 0 aromatic carbocycles. The number of nitrogens with one attached hydrogen (secondary N) is 1. The molecule has 0 amide bonds. The van der Waals surface area contributed by atoms with Crippen LogP contribution in [0.25, 0.3) is 0 Å². The van der Waals surface area contributed by atoms with E-state index in [1.54, 1.807) is 18.2 Å². The fourth-order valence-corrected chi connectivity index (χ4v) is 3.95. The molecule has 0 spiro atoms. The molecule has 1 aliphatic heterocycles. The highest BCUT2D eigenvalue weighted by Crippen LogP contribution is 2.16. The fraction of sp³-hybridized carbons (Fsp3) is 0.545. The molecule has 94 valence electrons. The van der Waals surface area contributed by atoms with Crippen LogP contribution in [0.3, 0.4) is 0 Å². The summed E-state index contributed by atoms with van der Waals surface area (Å²) < 4.78 is 24.8. The van der Waals surface area contributed by atoms with Crippen LogP contribution in [-0.4, -0.2) is 31.7 Å². The molecule has 6 heteroatoms. The Morgan fingerprint density at radius 1 is 1.41 bits per heavy atom. The number of nitrogens with zero attached hydrogens (tertiary/aromatic N) is 1. The van der Waals surface area contributed by atoms with E-state index >= 15 is 0 Å². The van der Waals surface area contributed by atoms with Gasteiger partial charge in [0.15, 0.2) is 14.9 Å². The highest BCUT2D eigenvalue weighted by atomic mass is 79.9. The standard InChI is InChI=1S/C11H15BrN2O2S/c12-10-5-3-6-11(14-10)17(15,16)8-9-4-1-2-7-13-9/h3,5-6,9,13H,1-2,4,7-8H2/t9-/m0/s1. The summed E-state index contributed by atoms with van der Waals surface area (Å²) in [4.78, 5) is 4.01. The van der Waals surface area contributed by atoms with Gasteiger partial charge < -0.3 is 5.32 Å². The van der Waals surface area contributed by atoms with Gasteiger partial charge in [0.2, 0.25) is 0 Å². The summed E-state index contributed by atoms with van der Waals surface area (Å²) in [6.07, 6.45) is 3.15. The number of piperidine rings is 1. The second-order valence-electron chi connectivity index (χ2n) is 4.23. The number of sulfone groups is 1. The summed E-state index contributed by atoms with van der Waals surface area (Å²) in [6, 6.07) is 5.02. The van der Waals surface area contributed by atoms with Gasteiger partial charge >= 0.3 is 0 Å². The van der Waals surface area contributed by atoms with E-state index in [2.05, 4.69) is 26.2 Å². The zero-order valence-corrected chi connectivity index (χ0v) is 11.8. The van der Waals surface area contributed by atoms with E-state index in [1.165, 1.54) is 0 Å². The van der Waals surface area contributed by atoms with Crippen molar-refractivity contribution in [1.82, 2.24) is 10.3 Å². The number of hydrogen-bond acceptors (Lipinski definition) is 4. The van der Waals surface area contributed by atoms with Crippen LogP contribution in [0.15, 0.2) is 27.8 Å². The van der Waals surface area contributed by atoms with Crippen molar-refractivity contribution in [1.29, 1.82) is 0 Å². The lowest BCUT2D eigenvalue weighted by Crippen LogP contribution is -2.39. The van der Waals surface area contributed by atoms with Gasteiger partial charge in [-0.3, -0.25) is 0 Å². The Morgan fingerprint density at radius 3 is 2.88 bits per heavy atom. The summed E-state index contributed by atoms with van der Waals surface area (Å²) in [7, 11) is -3.29. The molecular formula is C11H15BrN2O2S. The predicted octanol–water partition coefficient (Wildman–Crippen LogP) is 1.76. The van der Waals surface area contributed by atoms with Crippen LogP contribution >= 0.6 is 15.9 Å². The average Bonchev–Trinajstić information content (AvgIpc) is 2.30. The van der Waals surface area contributed by atoms with Crippen LogP contribution < -0.4 is 5.32 Å². The van der Waals surface area contributed by atoms with Crippen molar-refractivity contribution in [3.05, 3.63) is 22.8 Å². The SMILES string of the molecule is O=S(=O)(C[C@@H]1CCCCN1)c1cccc(Br)n1. The van der Waals surface area contributed by atoms with E-state index in [4.69, 9.17) is 0 Å². The first kappa shape index (κ1) is 13.0. The first-order valence-electron chi connectivity index (χ1n) is 5.67. The molecular weight excluding hydrogens is 304 g/mol. The smallest absolute Gasteiger partial charge is 0.197 e. The molecule has 2 rings (SSSR count). The minimum Gasteiger partial charge on any atom is -0.313 e. The third-order valence-electron chi connectivity index (χ3n) is 2.84. The first-order valence-corrected chi connectivity index (χ1v) is 8.11. The molecule has 0 bridgehead atoms. The van der Waals surface area contributed by atoms with Crippen LogP contribution in [0.1, 0.15) is 19.3 Å². The Bertz CT molecular complexity index is 484. The Kier molecular flexibility index (Phi) is 4.17. The molecule has 1 saturated heterocycles. The molecule has 0 radical (unpaired) electrons. The third-order valence-corrected chi connectivity index (χ3v) is 4.99. The van der Waals surface area contributed by atoms with Crippen LogP contribution in [0, 0.1) is 0 Å². The van der Waals surface area contributed by atoms with Crippen molar-refractivity contribution in [2.24, 2.45) is 0 Å². The number of halogens is 1. The molecule has 0 saturated carbocycles. The van der Waals surface area contributed by atoms with Gasteiger partial charge in [-0.1, -0.05) is 12.5 Å². The van der Waals surface area contributed by atoms with Gasteiger partial charge in [-0.15, -0.1) is 0 Å². The van der Waals surface area contributed by atoms with E-state index in [1.807, 2.05) is 0 Å². The first-order chi connectivity index (χ1) is 8.08. The summed E-state index contributed by atoms with van der Waals surface area (Å²) in [5.74, 6) is 0.135. The predicted molar refractivity (Wildman–Crippen MR) is 69.6 cm³/mol. The quantitative estimate of drug-likeness (QED) is 0.863. The molecule has 4 nitrogen and oxygen atoms in total. The van der Waals surface area contributed by atoms with E-state index in [-0.39, 0.29) is 16.8 Å². The summed E-state index contributed by atoms with van der Waals surface area (Å²) in [5, 5.41) is 3.39. The Labute approximate surface area is 110 Å². The monoisotopic (exact) mass is 318 g/mol. The van der Waals surface area contributed by atoms with Gasteiger partial charge in [0.05, 0.1) is 5.75 Å². The Balaban J connectivity index is 2.13. The molecule has 1 aromatic heterocycles. The molecule has 17 heavy (non-hydrogen) atoms. The summed E-state index contributed by atoms with van der Waals surface area (Å²) in [5.41, 5.74) is 0. The van der Waals surface area contributed by atoms with Crippen molar-refractivity contribution >= 4 is 25.8 Å². The van der Waals surface area contributed by atoms with Crippen molar-refractivity contribution in [3.63, 3.8) is 0 Å². The highest BCUT2D eigenvalue weighted by Gasteiger charge is 2.23. The molecule has 0 unspecified atom stereocenters. The van der Waals surface area contributed by atoms with Crippen LogP contribution in [-0.2, 0) is 9.84 Å². The van der Waals surface area contributed by atoms with E-state index in [9.17, 15) is 8.42 Å². The van der Waals surface area contributed by atoms with Crippen molar-refractivity contribution in [3.8, 4) is 0 Å². The fourth-order valence-electron chi connectivity index (χ4n) is 1.98. The van der Waals surface area contributed by atoms with Crippen molar-refractivity contribution < 1.29 is 8.42 Å². The second kappa shape index (κ2) is 5.46. The largest absolute Gasteiger partial charge is 0.313 e. The third kappa shape index (κ3) is 3.50. The maximum absolute atomic E-state index is 12.1. The summed E-state index contributed by atoms with van der Waals surface area (Å²) >= 11 is 3.19. The molecule has 1 atom stereocenters. The highest BCUT2D eigenvalue weighted by molar-refractivity contribution is 9.10. The van der Waals surface area contributed by atoms with Gasteiger partial charge in [0, 0.05) is 6.04 Å². The maximum Gasteiger partial charge on any atom is 0.197 e. The van der Waals surface area contributed by atoms with E-state index < -0.39 is 9.84 Å². The molecule has 0 aliphatic carbocycles. The molecule has 1 N–H and O–H groups in total. The lowest BCUT2D eigenvalue weighted by molar-refractivity contribution is 0.423. The minimum absolute atomic E-state index is 0.0644. The zero-order chi connectivity index (χ0) is 12.3. The van der Waals surface area contributed by atoms with Crippen molar-refractivity contribution in [2.75, 3.05) is 12.3 Å². The number of aromatic nitrogens is 1. The van der Waals surface area contributed by atoms with E-state index in [0.717, 1.165) is 25.8 Å². The van der Waals surface area contributed by atoms with Gasteiger partial charge in [-0.05, 0) is 47.4 Å². The number of rotatable bonds is 3. The van der Waals surface area contributed by atoms with E-state index in [0.29, 0.717) is 4.60 Å². The van der Waals surface area contributed by atoms with Crippen molar-refractivity contribution in [2.45, 2.75) is 30.3 Å². The van der Waals surface area contributed by atoms with Gasteiger partial charge in [0.1, 0.15) is 4.60 Å². The second-order valence-corrected chi connectivity index (χ2v) is 7.02. The molecule has 1 aromatic rings. The summed E-state index contributed by atoms with van der Waals surface area (Å²) in [6.45, 7) is 0.909. The number of hydrogen-bond donors (Lipinski definition) is 1. The van der Waals surface area contributed by atoms with Gasteiger partial charge in [-0.2, -0.15) is 0 Å². The average molecular weight is 319 g/mol.